The lowest BCUT2D eigenvalue weighted by atomic mass is 9.83. The second-order valence-corrected chi connectivity index (χ2v) is 5.45. The Hall–Kier alpha value is -1.40. The average Bonchev–Trinajstić information content (AvgIpc) is 2.94. The van der Waals surface area contributed by atoms with Crippen LogP contribution >= 0.6 is 11.3 Å². The molecule has 3 rings (SSSR count). The van der Waals surface area contributed by atoms with Crippen molar-refractivity contribution in [3.05, 3.63) is 22.4 Å². The number of guanidine groups is 1. The fourth-order valence-electron chi connectivity index (χ4n) is 2.63. The van der Waals surface area contributed by atoms with E-state index in [1.165, 1.54) is 4.90 Å². The van der Waals surface area contributed by atoms with E-state index in [0.717, 1.165) is 4.88 Å². The lowest BCUT2D eigenvalue weighted by molar-refractivity contribution is -0.133. The molecule has 0 bridgehead atoms. The molecule has 0 aromatic carbocycles. The number of nitrogens with one attached hydrogen (secondary N) is 3. The number of thiophene rings is 1. The van der Waals surface area contributed by atoms with Gasteiger partial charge in [-0.2, -0.15) is 0 Å². The Labute approximate surface area is 103 Å². The number of carbonyl (C=O) groups is 1. The van der Waals surface area contributed by atoms with Gasteiger partial charge in [-0.25, -0.2) is 0 Å². The predicted octanol–water partition coefficient (Wildman–Crippen LogP) is 0.159. The van der Waals surface area contributed by atoms with Gasteiger partial charge in [-0.05, 0) is 11.4 Å². The molecule has 2 aliphatic rings. The van der Waals surface area contributed by atoms with Crippen LogP contribution < -0.4 is 10.6 Å². The normalized spacial score (nSPS) is 32.5. The van der Waals surface area contributed by atoms with Crippen LogP contribution in [0.5, 0.6) is 0 Å². The van der Waals surface area contributed by atoms with E-state index < -0.39 is 5.54 Å². The number of carbonyl (C=O) groups excluding carboxylic acids is 1. The average molecular weight is 250 g/mol. The Kier molecular flexibility index (Phi) is 2.24. The molecule has 0 saturated carbocycles. The van der Waals surface area contributed by atoms with Crippen molar-refractivity contribution in [2.45, 2.75) is 5.54 Å². The summed E-state index contributed by atoms with van der Waals surface area (Å²) in [4.78, 5) is 14.7. The number of hydrogen-bond donors (Lipinski definition) is 3. The van der Waals surface area contributed by atoms with Crippen molar-refractivity contribution in [1.82, 2.24) is 15.5 Å². The van der Waals surface area contributed by atoms with Crippen molar-refractivity contribution in [2.24, 2.45) is 5.92 Å². The van der Waals surface area contributed by atoms with Gasteiger partial charge in [0.25, 0.3) is 0 Å². The van der Waals surface area contributed by atoms with Crippen LogP contribution in [0.2, 0.25) is 0 Å². The highest BCUT2D eigenvalue weighted by molar-refractivity contribution is 7.10. The summed E-state index contributed by atoms with van der Waals surface area (Å²) in [6, 6.07) is 4.02. The minimum Gasteiger partial charge on any atom is -0.344 e. The Morgan fingerprint density at radius 1 is 1.65 bits per heavy atom. The lowest BCUT2D eigenvalue weighted by Gasteiger charge is -2.42. The first-order chi connectivity index (χ1) is 8.15. The third-order valence-electron chi connectivity index (χ3n) is 3.61. The lowest BCUT2D eigenvalue weighted by Crippen LogP contribution is -2.64. The third-order valence-corrected chi connectivity index (χ3v) is 4.66. The van der Waals surface area contributed by atoms with E-state index in [2.05, 4.69) is 10.6 Å². The van der Waals surface area contributed by atoms with Crippen LogP contribution in [0.15, 0.2) is 17.5 Å². The summed E-state index contributed by atoms with van der Waals surface area (Å²) in [6.45, 7) is 1.36. The summed E-state index contributed by atoms with van der Waals surface area (Å²) in [5.74, 6) is 0.0794. The van der Waals surface area contributed by atoms with Crippen molar-refractivity contribution in [2.75, 3.05) is 20.1 Å². The molecule has 90 valence electrons. The number of amides is 1. The van der Waals surface area contributed by atoms with Crippen LogP contribution in [0.1, 0.15) is 4.88 Å². The Morgan fingerprint density at radius 2 is 2.47 bits per heavy atom. The van der Waals surface area contributed by atoms with E-state index in [-0.39, 0.29) is 17.8 Å². The fraction of sp³-hybridized carbons (Fsp3) is 0.455. The second-order valence-electron chi connectivity index (χ2n) is 4.50. The van der Waals surface area contributed by atoms with Crippen molar-refractivity contribution in [3.63, 3.8) is 0 Å². The van der Waals surface area contributed by atoms with Crippen molar-refractivity contribution in [1.29, 1.82) is 5.41 Å². The zero-order valence-corrected chi connectivity index (χ0v) is 10.3. The molecule has 2 unspecified atom stereocenters. The molecular weight excluding hydrogens is 236 g/mol. The summed E-state index contributed by atoms with van der Waals surface area (Å²) in [6.07, 6.45) is 0. The molecule has 3 N–H and O–H groups in total. The molecule has 1 aromatic heterocycles. The maximum absolute atomic E-state index is 12.2. The van der Waals surface area contributed by atoms with Gasteiger partial charge in [0.2, 0.25) is 5.91 Å². The van der Waals surface area contributed by atoms with Gasteiger partial charge in [0.1, 0.15) is 0 Å². The first-order valence-corrected chi connectivity index (χ1v) is 6.42. The molecule has 17 heavy (non-hydrogen) atoms. The molecule has 2 saturated heterocycles. The maximum Gasteiger partial charge on any atom is 0.236 e. The Morgan fingerprint density at radius 3 is 3.18 bits per heavy atom. The summed E-state index contributed by atoms with van der Waals surface area (Å²) < 4.78 is 0. The van der Waals surface area contributed by atoms with Gasteiger partial charge in [0, 0.05) is 25.0 Å². The van der Waals surface area contributed by atoms with Gasteiger partial charge in [-0.1, -0.05) is 6.07 Å². The molecule has 3 heterocycles. The largest absolute Gasteiger partial charge is 0.344 e. The number of rotatable bonds is 1. The summed E-state index contributed by atoms with van der Waals surface area (Å²) in [5, 5.41) is 16.4. The minimum atomic E-state index is -0.422. The van der Waals surface area contributed by atoms with Gasteiger partial charge in [0.05, 0.1) is 11.5 Å². The molecule has 0 radical (unpaired) electrons. The first kappa shape index (κ1) is 10.7. The SMILES string of the molecule is CN1C(=N)NC2(c3cccs3)CNCC2C1=O. The van der Waals surface area contributed by atoms with Crippen molar-refractivity contribution < 1.29 is 4.79 Å². The van der Waals surface area contributed by atoms with E-state index in [4.69, 9.17) is 5.41 Å². The Balaban J connectivity index is 2.08. The number of fused-ring (bicyclic) bond motifs is 1. The maximum atomic E-state index is 12.2. The highest BCUT2D eigenvalue weighted by atomic mass is 32.1. The molecule has 2 fully saturated rings. The van der Waals surface area contributed by atoms with Crippen LogP contribution in [-0.4, -0.2) is 36.9 Å². The smallest absolute Gasteiger partial charge is 0.236 e. The standard InChI is InChI=1S/C11H14N4OS/c1-15-9(16)7-5-13-6-11(7,14-10(15)12)8-3-2-4-17-8/h2-4,7,13H,5-6H2,1H3,(H2,12,14). The Bertz CT molecular complexity index is 472. The van der Waals surface area contributed by atoms with Crippen LogP contribution in [0, 0.1) is 11.3 Å². The molecule has 0 aliphatic carbocycles. The van der Waals surface area contributed by atoms with E-state index in [1.54, 1.807) is 18.4 Å². The van der Waals surface area contributed by atoms with Crippen LogP contribution in [0.25, 0.3) is 0 Å². The molecule has 2 aliphatic heterocycles. The van der Waals surface area contributed by atoms with Crippen molar-refractivity contribution in [3.8, 4) is 0 Å². The monoisotopic (exact) mass is 250 g/mol. The van der Waals surface area contributed by atoms with E-state index in [9.17, 15) is 4.79 Å². The number of hydrogen-bond acceptors (Lipinski definition) is 4. The van der Waals surface area contributed by atoms with Gasteiger partial charge in [-0.15, -0.1) is 11.3 Å². The van der Waals surface area contributed by atoms with E-state index >= 15 is 0 Å². The fourth-order valence-corrected chi connectivity index (χ4v) is 3.57. The van der Waals surface area contributed by atoms with Gasteiger partial charge in [-0.3, -0.25) is 15.1 Å². The molecule has 1 aromatic rings. The summed E-state index contributed by atoms with van der Waals surface area (Å²) >= 11 is 1.63. The highest BCUT2D eigenvalue weighted by Crippen LogP contribution is 2.38. The van der Waals surface area contributed by atoms with Crippen LogP contribution in [-0.2, 0) is 10.3 Å². The molecule has 2 atom stereocenters. The zero-order valence-electron chi connectivity index (χ0n) is 9.49. The number of nitrogens with zero attached hydrogens (tertiary/aromatic N) is 1. The molecular formula is C11H14N4OS. The molecule has 1 amide bonds. The first-order valence-electron chi connectivity index (χ1n) is 5.54. The van der Waals surface area contributed by atoms with Crippen LogP contribution in [0.4, 0.5) is 0 Å². The predicted molar refractivity (Wildman–Crippen MR) is 66.0 cm³/mol. The zero-order chi connectivity index (χ0) is 12.0. The third kappa shape index (κ3) is 1.34. The topological polar surface area (TPSA) is 68.2 Å². The highest BCUT2D eigenvalue weighted by Gasteiger charge is 2.53. The summed E-state index contributed by atoms with van der Waals surface area (Å²) in [7, 11) is 1.65. The van der Waals surface area contributed by atoms with Gasteiger partial charge >= 0.3 is 0 Å². The van der Waals surface area contributed by atoms with Crippen LogP contribution in [0.3, 0.4) is 0 Å². The van der Waals surface area contributed by atoms with Gasteiger partial charge in [0.15, 0.2) is 5.96 Å². The second kappa shape index (κ2) is 3.54. The van der Waals surface area contributed by atoms with Gasteiger partial charge < -0.3 is 10.6 Å². The van der Waals surface area contributed by atoms with E-state index in [0.29, 0.717) is 13.1 Å². The molecule has 0 spiro atoms. The van der Waals surface area contributed by atoms with E-state index in [1.807, 2.05) is 17.5 Å². The molecule has 6 heteroatoms. The minimum absolute atomic E-state index is 0.0205. The molecule has 5 nitrogen and oxygen atoms in total. The van der Waals surface area contributed by atoms with Crippen molar-refractivity contribution >= 4 is 23.2 Å². The summed E-state index contributed by atoms with van der Waals surface area (Å²) in [5.41, 5.74) is -0.422. The quantitative estimate of drug-likeness (QED) is 0.665.